The van der Waals surface area contributed by atoms with Crippen molar-refractivity contribution in [1.82, 2.24) is 5.32 Å². The quantitative estimate of drug-likeness (QED) is 0.804. The standard InChI is InChI=1S/C19H24N2O3/c1-7-10-15(22)20-16-13-11-8-9-12-14(13)21(19(16,5)6)17(23)24-18(2,3)4/h8-9,11-12,16H,1-6H3,(H,20,22). The Hall–Kier alpha value is -2.48. The molecule has 0 radical (unpaired) electrons. The Morgan fingerprint density at radius 2 is 1.88 bits per heavy atom. The number of nitrogens with zero attached hydrogens (tertiary/aromatic N) is 1. The summed E-state index contributed by atoms with van der Waals surface area (Å²) in [5.41, 5.74) is 0.333. The summed E-state index contributed by atoms with van der Waals surface area (Å²) in [5.74, 6) is 4.71. The number of para-hydroxylation sites is 1. The molecule has 0 saturated carbocycles. The van der Waals surface area contributed by atoms with Crippen molar-refractivity contribution in [2.75, 3.05) is 4.90 Å². The van der Waals surface area contributed by atoms with Crippen molar-refractivity contribution in [2.45, 2.75) is 58.7 Å². The van der Waals surface area contributed by atoms with Crippen LogP contribution in [0.3, 0.4) is 0 Å². The normalized spacial score (nSPS) is 18.2. The molecule has 2 rings (SSSR count). The number of carbonyl (C=O) groups excluding carboxylic acids is 2. The number of anilines is 1. The molecular formula is C19H24N2O3. The minimum atomic E-state index is -0.683. The van der Waals surface area contributed by atoms with Gasteiger partial charge in [0, 0.05) is 5.56 Å². The molecule has 1 atom stereocenters. The summed E-state index contributed by atoms with van der Waals surface area (Å²) in [6, 6.07) is 7.15. The summed E-state index contributed by atoms with van der Waals surface area (Å²) in [6.07, 6.45) is -0.432. The second-order valence-electron chi connectivity index (χ2n) is 7.31. The van der Waals surface area contributed by atoms with E-state index >= 15 is 0 Å². The first-order valence-electron chi connectivity index (χ1n) is 7.93. The highest BCUT2D eigenvalue weighted by Crippen LogP contribution is 2.46. The van der Waals surface area contributed by atoms with E-state index in [9.17, 15) is 9.59 Å². The molecule has 0 bridgehead atoms. The van der Waals surface area contributed by atoms with Gasteiger partial charge in [-0.05, 0) is 53.5 Å². The third kappa shape index (κ3) is 3.38. The average Bonchev–Trinajstić information content (AvgIpc) is 2.65. The third-order valence-electron chi connectivity index (χ3n) is 3.86. The summed E-state index contributed by atoms with van der Waals surface area (Å²) in [7, 11) is 0. The van der Waals surface area contributed by atoms with Gasteiger partial charge in [-0.25, -0.2) is 4.79 Å². The van der Waals surface area contributed by atoms with Gasteiger partial charge in [-0.3, -0.25) is 9.69 Å². The van der Waals surface area contributed by atoms with E-state index in [1.165, 1.54) is 0 Å². The summed E-state index contributed by atoms with van der Waals surface area (Å²) in [5, 5.41) is 2.91. The molecule has 0 aliphatic carbocycles. The van der Waals surface area contributed by atoms with E-state index in [1.807, 2.05) is 58.9 Å². The van der Waals surface area contributed by atoms with E-state index in [1.54, 1.807) is 11.8 Å². The first-order chi connectivity index (χ1) is 11.1. The lowest BCUT2D eigenvalue weighted by atomic mass is 9.92. The van der Waals surface area contributed by atoms with E-state index in [2.05, 4.69) is 17.2 Å². The second-order valence-corrected chi connectivity index (χ2v) is 7.31. The highest BCUT2D eigenvalue weighted by molar-refractivity contribution is 5.96. The van der Waals surface area contributed by atoms with Crippen LogP contribution < -0.4 is 10.2 Å². The van der Waals surface area contributed by atoms with Crippen LogP contribution >= 0.6 is 0 Å². The van der Waals surface area contributed by atoms with Crippen LogP contribution in [-0.4, -0.2) is 23.1 Å². The van der Waals surface area contributed by atoms with Gasteiger partial charge in [0.2, 0.25) is 0 Å². The Kier molecular flexibility index (Phi) is 4.61. The van der Waals surface area contributed by atoms with Crippen LogP contribution in [0.15, 0.2) is 24.3 Å². The monoisotopic (exact) mass is 328 g/mol. The van der Waals surface area contributed by atoms with Gasteiger partial charge < -0.3 is 10.1 Å². The predicted molar refractivity (Wildman–Crippen MR) is 93.6 cm³/mol. The third-order valence-corrected chi connectivity index (χ3v) is 3.86. The maximum absolute atomic E-state index is 12.8. The van der Waals surface area contributed by atoms with Crippen LogP contribution in [0.2, 0.25) is 0 Å². The van der Waals surface area contributed by atoms with E-state index in [0.29, 0.717) is 0 Å². The molecule has 1 N–H and O–H groups in total. The highest BCUT2D eigenvalue weighted by Gasteiger charge is 2.49. The number of nitrogens with one attached hydrogen (secondary N) is 1. The topological polar surface area (TPSA) is 58.6 Å². The van der Waals surface area contributed by atoms with Gasteiger partial charge in [-0.2, -0.15) is 0 Å². The Balaban J connectivity index is 2.44. The largest absolute Gasteiger partial charge is 0.443 e. The number of fused-ring (bicyclic) bond motifs is 1. The molecule has 1 aliphatic heterocycles. The Labute approximate surface area is 143 Å². The Bertz CT molecular complexity index is 720. The molecule has 1 heterocycles. The lowest BCUT2D eigenvalue weighted by molar-refractivity contribution is -0.116. The fourth-order valence-electron chi connectivity index (χ4n) is 2.93. The number of benzene rings is 1. The van der Waals surface area contributed by atoms with Gasteiger partial charge in [0.05, 0.1) is 17.3 Å². The van der Waals surface area contributed by atoms with Gasteiger partial charge in [0.1, 0.15) is 5.60 Å². The number of rotatable bonds is 1. The maximum atomic E-state index is 12.8. The SMILES string of the molecule is CC#CC(=O)NC1c2ccccc2N(C(=O)OC(C)(C)C)C1(C)C. The summed E-state index contributed by atoms with van der Waals surface area (Å²) >= 11 is 0. The van der Waals surface area contributed by atoms with E-state index < -0.39 is 17.2 Å². The lowest BCUT2D eigenvalue weighted by Crippen LogP contribution is -2.52. The van der Waals surface area contributed by atoms with Gasteiger partial charge in [-0.15, -0.1) is 0 Å². The molecule has 0 saturated heterocycles. The summed E-state index contributed by atoms with van der Waals surface area (Å²) < 4.78 is 5.56. The maximum Gasteiger partial charge on any atom is 0.415 e. The molecule has 1 unspecified atom stereocenters. The smallest absolute Gasteiger partial charge is 0.415 e. The van der Waals surface area contributed by atoms with E-state index in [4.69, 9.17) is 4.74 Å². The zero-order chi connectivity index (χ0) is 18.1. The number of ether oxygens (including phenoxy) is 1. The average molecular weight is 328 g/mol. The van der Waals surface area contributed by atoms with E-state index in [0.717, 1.165) is 11.3 Å². The fourth-order valence-corrected chi connectivity index (χ4v) is 2.93. The van der Waals surface area contributed by atoms with Crippen molar-refractivity contribution in [3.63, 3.8) is 0 Å². The molecule has 1 aliphatic rings. The Morgan fingerprint density at radius 3 is 2.46 bits per heavy atom. The minimum Gasteiger partial charge on any atom is -0.443 e. The second kappa shape index (κ2) is 6.20. The molecule has 128 valence electrons. The van der Waals surface area contributed by atoms with Crippen molar-refractivity contribution in [3.8, 4) is 11.8 Å². The van der Waals surface area contributed by atoms with Crippen LogP contribution in [0.5, 0.6) is 0 Å². The molecule has 1 aromatic carbocycles. The fraction of sp³-hybridized carbons (Fsp3) is 0.474. The zero-order valence-corrected chi connectivity index (χ0v) is 15.1. The van der Waals surface area contributed by atoms with Crippen LogP contribution in [0.1, 0.15) is 53.1 Å². The minimum absolute atomic E-state index is 0.364. The van der Waals surface area contributed by atoms with Crippen molar-refractivity contribution < 1.29 is 14.3 Å². The molecular weight excluding hydrogens is 304 g/mol. The van der Waals surface area contributed by atoms with Crippen LogP contribution in [0, 0.1) is 11.8 Å². The predicted octanol–water partition coefficient (Wildman–Crippen LogP) is 3.40. The van der Waals surface area contributed by atoms with E-state index in [-0.39, 0.29) is 11.9 Å². The number of hydrogen-bond acceptors (Lipinski definition) is 3. The van der Waals surface area contributed by atoms with Crippen molar-refractivity contribution in [2.24, 2.45) is 0 Å². The highest BCUT2D eigenvalue weighted by atomic mass is 16.6. The number of hydrogen-bond donors (Lipinski definition) is 1. The number of carbonyl (C=O) groups is 2. The zero-order valence-electron chi connectivity index (χ0n) is 15.1. The molecule has 0 fully saturated rings. The number of amides is 2. The van der Waals surface area contributed by atoms with Crippen LogP contribution in [0.4, 0.5) is 10.5 Å². The van der Waals surface area contributed by atoms with Crippen molar-refractivity contribution in [1.29, 1.82) is 0 Å². The van der Waals surface area contributed by atoms with Gasteiger partial charge >= 0.3 is 6.09 Å². The molecule has 0 aromatic heterocycles. The lowest BCUT2D eigenvalue weighted by Gasteiger charge is -2.37. The van der Waals surface area contributed by atoms with Gasteiger partial charge in [0.15, 0.2) is 0 Å². The van der Waals surface area contributed by atoms with Gasteiger partial charge in [0.25, 0.3) is 5.91 Å². The Morgan fingerprint density at radius 1 is 1.25 bits per heavy atom. The first-order valence-corrected chi connectivity index (χ1v) is 7.93. The summed E-state index contributed by atoms with van der Waals surface area (Å²) in [4.78, 5) is 26.4. The van der Waals surface area contributed by atoms with Gasteiger partial charge in [-0.1, -0.05) is 24.1 Å². The molecule has 5 heteroatoms. The molecule has 1 aromatic rings. The first kappa shape index (κ1) is 17.9. The van der Waals surface area contributed by atoms with Crippen molar-refractivity contribution >= 4 is 17.7 Å². The molecule has 5 nitrogen and oxygen atoms in total. The molecule has 0 spiro atoms. The molecule has 2 amide bonds. The van der Waals surface area contributed by atoms with Crippen LogP contribution in [0.25, 0.3) is 0 Å². The summed E-state index contributed by atoms with van der Waals surface area (Å²) in [6.45, 7) is 10.9. The van der Waals surface area contributed by atoms with Crippen molar-refractivity contribution in [3.05, 3.63) is 29.8 Å². The molecule has 24 heavy (non-hydrogen) atoms. The van der Waals surface area contributed by atoms with Crippen LogP contribution in [-0.2, 0) is 9.53 Å².